The lowest BCUT2D eigenvalue weighted by molar-refractivity contribution is 0.171. The Hall–Kier alpha value is -1.08. The van der Waals surface area contributed by atoms with Crippen molar-refractivity contribution in [3.63, 3.8) is 0 Å². The van der Waals surface area contributed by atoms with E-state index in [1.54, 1.807) is 0 Å². The molecule has 1 heteroatoms. The van der Waals surface area contributed by atoms with Gasteiger partial charge in [-0.15, -0.1) is 6.58 Å². The van der Waals surface area contributed by atoms with Crippen LogP contribution in [-0.2, 0) is 6.61 Å². The zero-order chi connectivity index (χ0) is 15.4. The third-order valence-corrected chi connectivity index (χ3v) is 6.22. The SMILES string of the molecule is C=C[C@H]1CC[C@H]([C@H]2CC[C@H](c3ccc(CO)cc3)CC2)CC1. The molecule has 0 heterocycles. The van der Waals surface area contributed by atoms with Crippen LogP contribution in [-0.4, -0.2) is 5.11 Å². The number of hydrogen-bond acceptors (Lipinski definition) is 1. The second-order valence-electron chi connectivity index (χ2n) is 7.42. The molecule has 1 N–H and O–H groups in total. The fourth-order valence-corrected chi connectivity index (χ4v) is 4.67. The van der Waals surface area contributed by atoms with Gasteiger partial charge in [-0.3, -0.25) is 0 Å². The summed E-state index contributed by atoms with van der Waals surface area (Å²) in [7, 11) is 0. The van der Waals surface area contributed by atoms with E-state index in [0.717, 1.165) is 29.2 Å². The first-order valence-corrected chi connectivity index (χ1v) is 9.12. The summed E-state index contributed by atoms with van der Waals surface area (Å²) in [4.78, 5) is 0. The third-order valence-electron chi connectivity index (χ3n) is 6.22. The van der Waals surface area contributed by atoms with Crippen LogP contribution >= 0.6 is 0 Å². The van der Waals surface area contributed by atoms with Crippen LogP contribution in [0.1, 0.15) is 68.4 Å². The van der Waals surface area contributed by atoms with Crippen molar-refractivity contribution in [3.05, 3.63) is 48.0 Å². The molecule has 1 aromatic rings. The lowest BCUT2D eigenvalue weighted by atomic mass is 9.68. The van der Waals surface area contributed by atoms with Gasteiger partial charge in [0.05, 0.1) is 6.61 Å². The highest BCUT2D eigenvalue weighted by Crippen LogP contribution is 2.43. The molecule has 0 aromatic heterocycles. The first-order valence-electron chi connectivity index (χ1n) is 9.12. The van der Waals surface area contributed by atoms with Crippen molar-refractivity contribution >= 4 is 0 Å². The van der Waals surface area contributed by atoms with Crippen LogP contribution < -0.4 is 0 Å². The smallest absolute Gasteiger partial charge is 0.0681 e. The first kappa shape index (κ1) is 15.8. The van der Waals surface area contributed by atoms with E-state index in [9.17, 15) is 0 Å². The Labute approximate surface area is 135 Å². The summed E-state index contributed by atoms with van der Waals surface area (Å²) in [6.45, 7) is 4.12. The van der Waals surface area contributed by atoms with Crippen LogP contribution in [0.3, 0.4) is 0 Å². The minimum atomic E-state index is 0.153. The molecule has 0 saturated heterocycles. The third kappa shape index (κ3) is 3.63. The minimum Gasteiger partial charge on any atom is -0.392 e. The van der Waals surface area contributed by atoms with Gasteiger partial charge in [0, 0.05) is 0 Å². The van der Waals surface area contributed by atoms with Crippen molar-refractivity contribution < 1.29 is 5.11 Å². The molecule has 120 valence electrons. The number of hydrogen-bond donors (Lipinski definition) is 1. The normalized spacial score (nSPS) is 32.6. The summed E-state index contributed by atoms with van der Waals surface area (Å²) >= 11 is 0. The summed E-state index contributed by atoms with van der Waals surface area (Å²) in [5.74, 6) is 3.48. The van der Waals surface area contributed by atoms with Gasteiger partial charge in [0.15, 0.2) is 0 Å². The Kier molecular flexibility index (Phi) is 5.36. The van der Waals surface area contributed by atoms with Gasteiger partial charge in [-0.2, -0.15) is 0 Å². The van der Waals surface area contributed by atoms with E-state index in [2.05, 4.69) is 36.9 Å². The van der Waals surface area contributed by atoms with Crippen molar-refractivity contribution in [2.45, 2.75) is 63.9 Å². The number of benzene rings is 1. The van der Waals surface area contributed by atoms with E-state index in [-0.39, 0.29) is 6.61 Å². The lowest BCUT2D eigenvalue weighted by Gasteiger charge is -2.37. The second kappa shape index (κ2) is 7.46. The molecule has 0 atom stereocenters. The Balaban J connectivity index is 1.50. The summed E-state index contributed by atoms with van der Waals surface area (Å²) in [5, 5.41) is 9.15. The fourth-order valence-electron chi connectivity index (χ4n) is 4.67. The van der Waals surface area contributed by atoms with E-state index in [1.165, 1.54) is 56.9 Å². The molecule has 22 heavy (non-hydrogen) atoms. The molecule has 0 unspecified atom stereocenters. The Morgan fingerprint density at radius 1 is 0.864 bits per heavy atom. The predicted octanol–water partition coefficient (Wildman–Crippen LogP) is 5.45. The first-order chi connectivity index (χ1) is 10.8. The van der Waals surface area contributed by atoms with Gasteiger partial charge < -0.3 is 5.11 Å². The number of allylic oxidation sites excluding steroid dienone is 1. The van der Waals surface area contributed by atoms with Crippen molar-refractivity contribution in [1.82, 2.24) is 0 Å². The van der Waals surface area contributed by atoms with Crippen LogP contribution in [0.2, 0.25) is 0 Å². The average Bonchev–Trinajstić information content (AvgIpc) is 2.62. The molecule has 2 aliphatic carbocycles. The van der Waals surface area contributed by atoms with Gasteiger partial charge in [0.25, 0.3) is 0 Å². The van der Waals surface area contributed by atoms with Gasteiger partial charge in [0.2, 0.25) is 0 Å². The highest BCUT2D eigenvalue weighted by Gasteiger charge is 2.30. The Morgan fingerprint density at radius 3 is 1.91 bits per heavy atom. The maximum Gasteiger partial charge on any atom is 0.0681 e. The monoisotopic (exact) mass is 298 g/mol. The van der Waals surface area contributed by atoms with E-state index < -0.39 is 0 Å². The highest BCUT2D eigenvalue weighted by atomic mass is 16.3. The largest absolute Gasteiger partial charge is 0.392 e. The maximum atomic E-state index is 9.15. The molecule has 2 fully saturated rings. The van der Waals surface area contributed by atoms with Crippen LogP contribution in [0.25, 0.3) is 0 Å². The predicted molar refractivity (Wildman–Crippen MR) is 92.7 cm³/mol. The van der Waals surface area contributed by atoms with Crippen LogP contribution in [0.5, 0.6) is 0 Å². The highest BCUT2D eigenvalue weighted by molar-refractivity contribution is 5.25. The minimum absolute atomic E-state index is 0.153. The molecule has 2 aliphatic rings. The lowest BCUT2D eigenvalue weighted by Crippen LogP contribution is -2.25. The van der Waals surface area contributed by atoms with Gasteiger partial charge in [-0.1, -0.05) is 30.3 Å². The summed E-state index contributed by atoms with van der Waals surface area (Å²) < 4.78 is 0. The van der Waals surface area contributed by atoms with Gasteiger partial charge in [-0.05, 0) is 86.2 Å². The summed E-state index contributed by atoms with van der Waals surface area (Å²) in [6, 6.07) is 8.62. The Morgan fingerprint density at radius 2 is 1.41 bits per heavy atom. The van der Waals surface area contributed by atoms with Gasteiger partial charge in [0.1, 0.15) is 0 Å². The Bertz CT molecular complexity index is 459. The number of aliphatic hydroxyl groups is 1. The molecule has 0 spiro atoms. The van der Waals surface area contributed by atoms with Crippen LogP contribution in [0, 0.1) is 17.8 Å². The van der Waals surface area contributed by atoms with Crippen molar-refractivity contribution in [3.8, 4) is 0 Å². The molecule has 0 aliphatic heterocycles. The topological polar surface area (TPSA) is 20.2 Å². The van der Waals surface area contributed by atoms with Crippen molar-refractivity contribution in [1.29, 1.82) is 0 Å². The molecule has 1 nitrogen and oxygen atoms in total. The number of aliphatic hydroxyl groups excluding tert-OH is 1. The van der Waals surface area contributed by atoms with Crippen LogP contribution in [0.4, 0.5) is 0 Å². The van der Waals surface area contributed by atoms with E-state index in [1.807, 2.05) is 0 Å². The average molecular weight is 298 g/mol. The van der Waals surface area contributed by atoms with Crippen molar-refractivity contribution in [2.24, 2.45) is 17.8 Å². The van der Waals surface area contributed by atoms with E-state index >= 15 is 0 Å². The van der Waals surface area contributed by atoms with E-state index in [4.69, 9.17) is 5.11 Å². The summed E-state index contributed by atoms with van der Waals surface area (Å²) in [5.41, 5.74) is 2.50. The molecule has 0 bridgehead atoms. The second-order valence-corrected chi connectivity index (χ2v) is 7.42. The zero-order valence-corrected chi connectivity index (χ0v) is 13.7. The molecule has 3 rings (SSSR count). The quantitative estimate of drug-likeness (QED) is 0.733. The van der Waals surface area contributed by atoms with E-state index in [0.29, 0.717) is 0 Å². The zero-order valence-electron chi connectivity index (χ0n) is 13.7. The van der Waals surface area contributed by atoms with Crippen LogP contribution in [0.15, 0.2) is 36.9 Å². The maximum absolute atomic E-state index is 9.15. The van der Waals surface area contributed by atoms with Gasteiger partial charge >= 0.3 is 0 Å². The van der Waals surface area contributed by atoms with Crippen molar-refractivity contribution in [2.75, 3.05) is 0 Å². The molecule has 0 amide bonds. The molecular weight excluding hydrogens is 268 g/mol. The standard InChI is InChI=1S/C21H30O/c1-2-16-3-7-18(8-4-16)20-11-13-21(14-12-20)19-9-5-17(15-22)6-10-19/h2,5-6,9-10,16,18,20-22H,1,3-4,7-8,11-15H2/t16-,18-,20-,21-. The molecule has 0 radical (unpaired) electrons. The van der Waals surface area contributed by atoms with Gasteiger partial charge in [-0.25, -0.2) is 0 Å². The molecule has 1 aromatic carbocycles. The molecular formula is C21H30O. The fraction of sp³-hybridized carbons (Fsp3) is 0.619. The molecule has 2 saturated carbocycles. The summed E-state index contributed by atoms with van der Waals surface area (Å²) in [6.07, 6.45) is 13.3. The number of rotatable bonds is 4.